The van der Waals surface area contributed by atoms with E-state index < -0.39 is 28.0 Å². The van der Waals surface area contributed by atoms with Crippen LogP contribution in [0.2, 0.25) is 0 Å². The van der Waals surface area contributed by atoms with Gasteiger partial charge >= 0.3 is 0 Å². The largest absolute Gasteiger partial charge is 0.387 e. The quantitative estimate of drug-likeness (QED) is 0.0354. The highest BCUT2D eigenvalue weighted by Gasteiger charge is 2.24. The number of hydrogen-bond acceptors (Lipinski definition) is 4. The first-order valence-electron chi connectivity index (χ1n) is 19.5. The maximum atomic E-state index is 12.5. The van der Waals surface area contributed by atoms with Crippen LogP contribution >= 0.6 is 0 Å². The van der Waals surface area contributed by atoms with Crippen molar-refractivity contribution in [2.24, 2.45) is 0 Å². The zero-order valence-electron chi connectivity index (χ0n) is 30.8. The Morgan fingerprint density at radius 3 is 1.56 bits per heavy atom. The van der Waals surface area contributed by atoms with E-state index in [1.54, 1.807) is 6.08 Å². The second-order valence-corrected chi connectivity index (χ2v) is 14.7. The summed E-state index contributed by atoms with van der Waals surface area (Å²) in [6.07, 6.45) is 47.8. The molecule has 0 spiro atoms. The minimum absolute atomic E-state index is 0.266. The van der Waals surface area contributed by atoms with Crippen molar-refractivity contribution in [1.82, 2.24) is 5.32 Å². The number of carbonyl (C=O) groups excluding carboxylic acids is 1. The van der Waals surface area contributed by atoms with Gasteiger partial charge in [0.25, 0.3) is 10.1 Å². The number of hydrogen-bond donors (Lipinski definition) is 3. The number of unbranched alkanes of at least 4 members (excludes halogenated alkanes) is 18. The third-order valence-electron chi connectivity index (χ3n) is 8.43. The van der Waals surface area contributed by atoms with Gasteiger partial charge in [0.05, 0.1) is 17.9 Å². The Balaban J connectivity index is 4.04. The van der Waals surface area contributed by atoms with Crippen molar-refractivity contribution in [1.29, 1.82) is 0 Å². The van der Waals surface area contributed by atoms with Crippen LogP contribution in [0, 0.1) is 0 Å². The van der Waals surface area contributed by atoms with Crippen LogP contribution in [0.3, 0.4) is 0 Å². The van der Waals surface area contributed by atoms with Crippen LogP contribution in [0.5, 0.6) is 0 Å². The molecule has 0 saturated heterocycles. The molecule has 0 aromatic heterocycles. The predicted molar refractivity (Wildman–Crippen MR) is 207 cm³/mol. The van der Waals surface area contributed by atoms with Gasteiger partial charge in [-0.1, -0.05) is 164 Å². The number of allylic oxidation sites excluding steroid dienone is 9. The number of rotatable bonds is 34. The van der Waals surface area contributed by atoms with Crippen LogP contribution in [-0.4, -0.2) is 41.9 Å². The normalized spacial score (nSPS) is 14.0. The highest BCUT2D eigenvalue weighted by molar-refractivity contribution is 7.85. The van der Waals surface area contributed by atoms with Gasteiger partial charge < -0.3 is 10.4 Å². The molecule has 6 nitrogen and oxygen atoms in total. The van der Waals surface area contributed by atoms with Crippen molar-refractivity contribution < 1.29 is 22.9 Å². The minimum atomic E-state index is -4.36. The van der Waals surface area contributed by atoms with Gasteiger partial charge in [-0.15, -0.1) is 0 Å². The molecule has 2 atom stereocenters. The summed E-state index contributed by atoms with van der Waals surface area (Å²) in [4.78, 5) is 12.5. The average molecular weight is 692 g/mol. The molecule has 0 radical (unpaired) electrons. The molecule has 0 fully saturated rings. The van der Waals surface area contributed by atoms with Crippen LogP contribution in [0.15, 0.2) is 60.8 Å². The fourth-order valence-corrected chi connectivity index (χ4v) is 6.27. The molecular formula is C41H73NO5S. The first-order chi connectivity index (χ1) is 23.3. The SMILES string of the molecule is CC/C=C\C/C=C\C/C=C\CCCCCCCC(=O)NC(CS(=O)(=O)O)C(O)/C=C/CC/C=C/CCCCCCCCCCCCCC. The van der Waals surface area contributed by atoms with Crippen molar-refractivity contribution in [3.8, 4) is 0 Å². The summed E-state index contributed by atoms with van der Waals surface area (Å²) in [5.74, 6) is -1.03. The first kappa shape index (κ1) is 46.0. The van der Waals surface area contributed by atoms with Crippen molar-refractivity contribution >= 4 is 16.0 Å². The van der Waals surface area contributed by atoms with Gasteiger partial charge in [-0.2, -0.15) is 8.42 Å². The summed E-state index contributed by atoms with van der Waals surface area (Å²) >= 11 is 0. The lowest BCUT2D eigenvalue weighted by atomic mass is 10.0. The topological polar surface area (TPSA) is 104 Å². The van der Waals surface area contributed by atoms with Gasteiger partial charge in [-0.3, -0.25) is 9.35 Å². The van der Waals surface area contributed by atoms with Gasteiger partial charge in [-0.25, -0.2) is 0 Å². The third-order valence-corrected chi connectivity index (χ3v) is 9.21. The zero-order chi connectivity index (χ0) is 35.4. The van der Waals surface area contributed by atoms with Crippen LogP contribution in [0.25, 0.3) is 0 Å². The van der Waals surface area contributed by atoms with Crippen molar-refractivity contribution in [2.75, 3.05) is 5.75 Å². The zero-order valence-corrected chi connectivity index (χ0v) is 31.7. The summed E-state index contributed by atoms with van der Waals surface area (Å²) in [5, 5.41) is 13.2. The molecule has 0 rings (SSSR count). The Morgan fingerprint density at radius 1 is 0.583 bits per heavy atom. The highest BCUT2D eigenvalue weighted by Crippen LogP contribution is 2.13. The van der Waals surface area contributed by atoms with E-state index in [2.05, 4.69) is 67.8 Å². The Kier molecular flexibility index (Phi) is 33.5. The maximum absolute atomic E-state index is 12.5. The van der Waals surface area contributed by atoms with E-state index in [0.29, 0.717) is 12.8 Å². The highest BCUT2D eigenvalue weighted by atomic mass is 32.2. The van der Waals surface area contributed by atoms with Crippen molar-refractivity contribution in [3.05, 3.63) is 60.8 Å². The van der Waals surface area contributed by atoms with E-state index in [1.807, 2.05) is 0 Å². The van der Waals surface area contributed by atoms with E-state index in [1.165, 1.54) is 83.1 Å². The molecule has 0 aromatic rings. The van der Waals surface area contributed by atoms with Crippen LogP contribution < -0.4 is 5.32 Å². The third kappa shape index (κ3) is 35.3. The molecule has 1 amide bonds. The lowest BCUT2D eigenvalue weighted by molar-refractivity contribution is -0.122. The van der Waals surface area contributed by atoms with Crippen LogP contribution in [0.1, 0.15) is 174 Å². The van der Waals surface area contributed by atoms with Gasteiger partial charge in [0.15, 0.2) is 0 Å². The molecular weight excluding hydrogens is 619 g/mol. The number of aliphatic hydroxyl groups excluding tert-OH is 1. The summed E-state index contributed by atoms with van der Waals surface area (Å²) in [5.41, 5.74) is 0. The number of amides is 1. The van der Waals surface area contributed by atoms with E-state index in [-0.39, 0.29) is 12.3 Å². The molecule has 0 heterocycles. The molecule has 2 unspecified atom stereocenters. The minimum Gasteiger partial charge on any atom is -0.387 e. The molecule has 0 saturated carbocycles. The molecule has 0 aliphatic heterocycles. The monoisotopic (exact) mass is 692 g/mol. The molecule has 48 heavy (non-hydrogen) atoms. The molecule has 0 aliphatic carbocycles. The Labute approximate surface area is 296 Å². The number of carbonyl (C=O) groups is 1. The standard InChI is InChI=1S/C41H73NO5S/c1-3-5-7-9-11-13-15-17-19-20-21-23-24-26-28-30-32-34-36-40(43)39(38-48(45,46)47)42-41(44)37-35-33-31-29-27-25-22-18-16-14-12-10-8-6-4-2/h6,8,12,14,18,22,26,28,34,36,39-40,43H,3-5,7,9-11,13,15-17,19-21,23-25,27,29-33,35,37-38H2,1-2H3,(H,42,44)(H,45,46,47)/b8-6-,14-12-,22-18-,28-26+,36-34+. The second kappa shape index (κ2) is 34.9. The van der Waals surface area contributed by atoms with E-state index in [9.17, 15) is 22.9 Å². The summed E-state index contributed by atoms with van der Waals surface area (Å²) < 4.78 is 32.4. The van der Waals surface area contributed by atoms with Crippen LogP contribution in [-0.2, 0) is 14.9 Å². The fraction of sp³-hybridized carbons (Fsp3) is 0.732. The van der Waals surface area contributed by atoms with Crippen LogP contribution in [0.4, 0.5) is 0 Å². The number of aliphatic hydroxyl groups is 1. The first-order valence-corrected chi connectivity index (χ1v) is 21.1. The van der Waals surface area contributed by atoms with E-state index in [0.717, 1.165) is 64.2 Å². The molecule has 7 heteroatoms. The van der Waals surface area contributed by atoms with Gasteiger partial charge in [0.1, 0.15) is 0 Å². The summed E-state index contributed by atoms with van der Waals surface area (Å²) in [6, 6.07) is -1.08. The predicted octanol–water partition coefficient (Wildman–Crippen LogP) is 11.3. The maximum Gasteiger partial charge on any atom is 0.267 e. The van der Waals surface area contributed by atoms with E-state index >= 15 is 0 Å². The van der Waals surface area contributed by atoms with Gasteiger partial charge in [0.2, 0.25) is 5.91 Å². The molecule has 0 bridgehead atoms. The lowest BCUT2D eigenvalue weighted by Crippen LogP contribution is -2.46. The fourth-order valence-electron chi connectivity index (χ4n) is 5.54. The van der Waals surface area contributed by atoms with Crippen molar-refractivity contribution in [3.63, 3.8) is 0 Å². The average Bonchev–Trinajstić information content (AvgIpc) is 3.05. The molecule has 0 aromatic carbocycles. The van der Waals surface area contributed by atoms with Gasteiger partial charge in [0, 0.05) is 6.42 Å². The Bertz CT molecular complexity index is 983. The summed E-state index contributed by atoms with van der Waals surface area (Å²) in [6.45, 7) is 4.40. The lowest BCUT2D eigenvalue weighted by Gasteiger charge is -2.21. The van der Waals surface area contributed by atoms with Crippen molar-refractivity contribution in [2.45, 2.75) is 187 Å². The van der Waals surface area contributed by atoms with Gasteiger partial charge in [-0.05, 0) is 64.2 Å². The molecule has 0 aliphatic rings. The number of nitrogens with one attached hydrogen (secondary N) is 1. The van der Waals surface area contributed by atoms with E-state index in [4.69, 9.17) is 0 Å². The Hall–Kier alpha value is -1.96. The smallest absolute Gasteiger partial charge is 0.267 e. The molecule has 278 valence electrons. The summed E-state index contributed by atoms with van der Waals surface area (Å²) in [7, 11) is -4.36. The molecule has 3 N–H and O–H groups in total. The Morgan fingerprint density at radius 2 is 1.02 bits per heavy atom. The second-order valence-electron chi connectivity index (χ2n) is 13.2.